The van der Waals surface area contributed by atoms with E-state index in [2.05, 4.69) is 26.6 Å². The molecule has 0 unspecified atom stereocenters. The molecule has 4 heterocycles. The molecule has 0 bridgehead atoms. The Kier molecular flexibility index (Phi) is 17.6. The fourth-order valence-electron chi connectivity index (χ4n) is 10.2. The molecule has 7 N–H and O–H groups in total. The van der Waals surface area contributed by atoms with E-state index in [0.29, 0.717) is 25.7 Å². The summed E-state index contributed by atoms with van der Waals surface area (Å²) in [5.74, 6) is -5.97. The molecule has 0 aliphatic carbocycles. The largest absolute Gasteiger partial charge is 0.370 e. The highest BCUT2D eigenvalue weighted by Gasteiger charge is 2.45. The van der Waals surface area contributed by atoms with Gasteiger partial charge >= 0.3 is 0 Å². The van der Waals surface area contributed by atoms with Gasteiger partial charge in [-0.1, -0.05) is 111 Å². The van der Waals surface area contributed by atoms with Crippen LogP contribution < -0.4 is 32.3 Å². The van der Waals surface area contributed by atoms with Gasteiger partial charge in [-0.3, -0.25) is 43.2 Å². The summed E-state index contributed by atoms with van der Waals surface area (Å²) in [5.41, 5.74) is 7.74. The molecule has 0 spiro atoms. The molecule has 0 radical (unpaired) electrons. The van der Waals surface area contributed by atoms with E-state index in [9.17, 15) is 43.2 Å². The fraction of sp³-hybridized carbons (Fsp3) is 0.491. The lowest BCUT2D eigenvalue weighted by Gasteiger charge is -2.34. The zero-order valence-corrected chi connectivity index (χ0v) is 40.6. The quantitative estimate of drug-likeness (QED) is 0.163. The molecule has 4 fully saturated rings. The van der Waals surface area contributed by atoms with E-state index in [1.165, 1.54) is 14.7 Å². The first-order valence-electron chi connectivity index (χ1n) is 25.1. The van der Waals surface area contributed by atoms with Crippen LogP contribution in [-0.4, -0.2) is 136 Å². The highest BCUT2D eigenvalue weighted by atomic mass is 16.2. The highest BCUT2D eigenvalue weighted by Crippen LogP contribution is 2.25. The van der Waals surface area contributed by atoms with Crippen LogP contribution in [0.5, 0.6) is 0 Å². The number of hydrogen-bond acceptors (Lipinski definition) is 9. The zero-order valence-electron chi connectivity index (χ0n) is 40.6. The van der Waals surface area contributed by atoms with Crippen LogP contribution in [0.4, 0.5) is 0 Å². The number of rotatable bonds is 11. The summed E-state index contributed by atoms with van der Waals surface area (Å²) in [6.45, 7) is 4.17. The SMILES string of the molecule is CC[C@H](C)[C@@H]1NC(=O)[C@H](Cc2ccccc2)NC(=O)[C@@H]2CCCN2C(=O)[C@H](Cc2ccccc2)NC(=O)[C@@H]2CCCN2C(=O)[C@H](CCC(N)=O)NC(=O)[C@@H]2CCCN2C(=O)[C@H](Cc2ccccc2)NC1=O. The van der Waals surface area contributed by atoms with Crippen LogP contribution >= 0.6 is 0 Å². The van der Waals surface area contributed by atoms with E-state index in [0.717, 1.165) is 16.7 Å². The first-order chi connectivity index (χ1) is 34.2. The number of nitrogens with two attached hydrogens (primary N) is 1. The number of fused-ring (bicyclic) bond motifs is 3. The van der Waals surface area contributed by atoms with Gasteiger partial charge in [0.05, 0.1) is 0 Å². The number of benzene rings is 3. The van der Waals surface area contributed by atoms with Crippen LogP contribution in [-0.2, 0) is 62.4 Å². The van der Waals surface area contributed by atoms with Gasteiger partial charge in [-0.25, -0.2) is 0 Å². The number of carbonyl (C=O) groups is 9. The van der Waals surface area contributed by atoms with Crippen molar-refractivity contribution in [1.29, 1.82) is 0 Å². The van der Waals surface area contributed by atoms with Crippen LogP contribution in [0.2, 0.25) is 0 Å². The summed E-state index contributed by atoms with van der Waals surface area (Å²) in [6.07, 6.45) is 2.26. The second kappa shape index (κ2) is 24.1. The molecule has 18 nitrogen and oxygen atoms in total. The molecule has 378 valence electrons. The Balaban J connectivity index is 1.28. The molecule has 4 aliphatic heterocycles. The van der Waals surface area contributed by atoms with Crippen molar-refractivity contribution in [2.24, 2.45) is 11.7 Å². The van der Waals surface area contributed by atoms with Crippen molar-refractivity contribution in [1.82, 2.24) is 41.3 Å². The van der Waals surface area contributed by atoms with Gasteiger partial charge in [-0.15, -0.1) is 0 Å². The van der Waals surface area contributed by atoms with Gasteiger partial charge in [0.15, 0.2) is 0 Å². The van der Waals surface area contributed by atoms with Gasteiger partial charge in [0.25, 0.3) is 0 Å². The molecule has 71 heavy (non-hydrogen) atoms. The Hall–Kier alpha value is -7.11. The van der Waals surface area contributed by atoms with E-state index in [1.807, 2.05) is 85.8 Å². The number of hydrogen-bond donors (Lipinski definition) is 6. The van der Waals surface area contributed by atoms with Crippen molar-refractivity contribution in [3.05, 3.63) is 108 Å². The lowest BCUT2D eigenvalue weighted by molar-refractivity contribution is -0.146. The monoisotopic (exact) mass is 974 g/mol. The van der Waals surface area contributed by atoms with Gasteiger partial charge in [-0.2, -0.15) is 0 Å². The molecular weight excluding hydrogens is 907 g/mol. The lowest BCUT2D eigenvalue weighted by atomic mass is 9.96. The second-order valence-electron chi connectivity index (χ2n) is 19.3. The minimum absolute atomic E-state index is 0.0467. The molecular formula is C53H67N9O9. The summed E-state index contributed by atoms with van der Waals surface area (Å²) >= 11 is 0. The first kappa shape index (κ1) is 51.7. The maximum absolute atomic E-state index is 14.8. The molecule has 4 saturated heterocycles. The number of nitrogens with zero attached hydrogens (tertiary/aromatic N) is 3. The Morgan fingerprint density at radius 1 is 0.507 bits per heavy atom. The smallest absolute Gasteiger partial charge is 0.246 e. The molecule has 4 aliphatic rings. The average Bonchev–Trinajstić information content (AvgIpc) is 4.19. The third-order valence-electron chi connectivity index (χ3n) is 14.3. The van der Waals surface area contributed by atoms with Gasteiger partial charge in [0.2, 0.25) is 53.2 Å². The molecule has 7 rings (SSSR count). The topological polar surface area (TPSA) is 250 Å². The van der Waals surface area contributed by atoms with Crippen molar-refractivity contribution >= 4 is 53.2 Å². The predicted molar refractivity (Wildman–Crippen MR) is 262 cm³/mol. The number of primary amides is 1. The van der Waals surface area contributed by atoms with Gasteiger partial charge in [0, 0.05) is 45.3 Å². The zero-order chi connectivity index (χ0) is 50.6. The van der Waals surface area contributed by atoms with E-state index in [4.69, 9.17) is 5.73 Å². The molecule has 0 aromatic heterocycles. The van der Waals surface area contributed by atoms with E-state index < -0.39 is 107 Å². The van der Waals surface area contributed by atoms with Crippen molar-refractivity contribution in [3.63, 3.8) is 0 Å². The predicted octanol–water partition coefficient (Wildman–Crippen LogP) is 1.44. The van der Waals surface area contributed by atoms with Crippen LogP contribution in [0.25, 0.3) is 0 Å². The molecule has 9 amide bonds. The Bertz CT molecular complexity index is 2410. The fourth-order valence-corrected chi connectivity index (χ4v) is 10.2. The highest BCUT2D eigenvalue weighted by molar-refractivity contribution is 5.99. The summed E-state index contributed by atoms with van der Waals surface area (Å²) in [4.78, 5) is 133. The van der Waals surface area contributed by atoms with Crippen molar-refractivity contribution in [2.75, 3.05) is 19.6 Å². The molecule has 3 aromatic rings. The number of amides is 9. The normalized spacial score (nSPS) is 26.8. The van der Waals surface area contributed by atoms with Crippen LogP contribution in [0, 0.1) is 5.92 Å². The Labute approximate surface area is 414 Å². The van der Waals surface area contributed by atoms with Crippen molar-refractivity contribution in [3.8, 4) is 0 Å². The number of carbonyl (C=O) groups excluding carboxylic acids is 9. The summed E-state index contributed by atoms with van der Waals surface area (Å²) < 4.78 is 0. The number of nitrogens with one attached hydrogen (secondary N) is 5. The summed E-state index contributed by atoms with van der Waals surface area (Å²) in [7, 11) is 0. The second-order valence-corrected chi connectivity index (χ2v) is 19.3. The first-order valence-corrected chi connectivity index (χ1v) is 25.1. The maximum Gasteiger partial charge on any atom is 0.246 e. The van der Waals surface area contributed by atoms with Gasteiger partial charge in [0.1, 0.15) is 48.3 Å². The van der Waals surface area contributed by atoms with Crippen molar-refractivity contribution < 1.29 is 43.2 Å². The Morgan fingerprint density at radius 3 is 1.25 bits per heavy atom. The van der Waals surface area contributed by atoms with Crippen LogP contribution in [0.15, 0.2) is 91.0 Å². The lowest BCUT2D eigenvalue weighted by Crippen LogP contribution is -2.62. The summed E-state index contributed by atoms with van der Waals surface area (Å²) in [5, 5.41) is 14.5. The minimum atomic E-state index is -1.30. The van der Waals surface area contributed by atoms with E-state index >= 15 is 0 Å². The molecule has 9 atom stereocenters. The molecule has 18 heteroatoms. The average molecular weight is 974 g/mol. The standard InChI is InChI=1S/C53H67N9O9/c1-3-33(2)45-50(68)58-40(32-36-20-11-6-12-21-36)53(71)61-28-14-22-41(61)47(65)55-37(25-26-44(54)63)51(69)60-27-13-24-43(60)49(67)57-39(31-35-18-9-5-10-19-35)52(70)62-29-15-23-42(62)48(66)56-38(46(64)59-45)30-34-16-7-4-8-17-34/h4-12,16-21,33,37-43,45H,3,13-15,22-32H2,1-2H3,(H2,54,63)(H,55,65)(H,56,66)(H,57,67)(H,58,68)(H,59,64)/t33-,37-,38-,39-,40-,41-,42-,43-,45-/m0/s1. The van der Waals surface area contributed by atoms with Gasteiger partial charge in [-0.05, 0) is 67.6 Å². The van der Waals surface area contributed by atoms with E-state index in [1.54, 1.807) is 19.1 Å². The molecule has 0 saturated carbocycles. The third kappa shape index (κ3) is 13.0. The van der Waals surface area contributed by atoms with E-state index in [-0.39, 0.29) is 71.0 Å². The summed E-state index contributed by atoms with van der Waals surface area (Å²) in [6, 6.07) is 18.1. The van der Waals surface area contributed by atoms with Crippen molar-refractivity contribution in [2.45, 2.75) is 139 Å². The maximum atomic E-state index is 14.8. The minimum Gasteiger partial charge on any atom is -0.370 e. The van der Waals surface area contributed by atoms with Crippen LogP contribution in [0.1, 0.15) is 88.3 Å². The van der Waals surface area contributed by atoms with Gasteiger partial charge < -0.3 is 47.0 Å². The molecule has 3 aromatic carbocycles. The third-order valence-corrected chi connectivity index (χ3v) is 14.3. The van der Waals surface area contributed by atoms with Crippen LogP contribution in [0.3, 0.4) is 0 Å². The Morgan fingerprint density at radius 2 is 0.859 bits per heavy atom.